The summed E-state index contributed by atoms with van der Waals surface area (Å²) < 4.78 is 17.8. The lowest BCUT2D eigenvalue weighted by molar-refractivity contribution is 0.0695. The Labute approximate surface area is 225 Å². The largest absolute Gasteiger partial charge is 0.491 e. The maximum Gasteiger partial charge on any atom is 0.251 e. The number of ether oxygens (including phenoxy) is 3. The third kappa shape index (κ3) is 6.55. The molecule has 38 heavy (non-hydrogen) atoms. The Morgan fingerprint density at radius 1 is 0.974 bits per heavy atom. The standard InChI is InChI=1S/C32H38N2O4/c1-22(2)34-11-12-36-13-14-37-30-10-8-27(19-29(30)17-24-5-4-6-26(16-24)21-34)32(35)33-20-25-7-9-31-28(18-25)15-23(3)38-31/h4-10,16,18-19,22-23H,11-15,17,20-21H2,1-3H3,(H,33,35). The van der Waals surface area contributed by atoms with Crippen LogP contribution < -0.4 is 14.8 Å². The van der Waals surface area contributed by atoms with Gasteiger partial charge in [0.1, 0.15) is 24.2 Å². The fraction of sp³-hybridized carbons (Fsp3) is 0.406. The highest BCUT2D eigenvalue weighted by Crippen LogP contribution is 2.29. The van der Waals surface area contributed by atoms with Crippen molar-refractivity contribution in [3.8, 4) is 11.5 Å². The molecule has 0 spiro atoms. The minimum atomic E-state index is -0.0954. The molecule has 0 fully saturated rings. The van der Waals surface area contributed by atoms with Crippen LogP contribution in [0.1, 0.15) is 58.9 Å². The van der Waals surface area contributed by atoms with Crippen molar-refractivity contribution >= 4 is 5.91 Å². The van der Waals surface area contributed by atoms with E-state index in [9.17, 15) is 4.79 Å². The average molecular weight is 515 g/mol. The van der Waals surface area contributed by atoms with E-state index in [4.69, 9.17) is 14.2 Å². The number of hydrogen-bond donors (Lipinski definition) is 1. The van der Waals surface area contributed by atoms with Crippen LogP contribution in [0, 0.1) is 0 Å². The first kappa shape index (κ1) is 26.3. The summed E-state index contributed by atoms with van der Waals surface area (Å²) in [6.45, 7) is 10.4. The molecular formula is C32H38N2O4. The number of benzene rings is 3. The molecule has 0 radical (unpaired) electrons. The lowest BCUT2D eigenvalue weighted by Crippen LogP contribution is -2.33. The second kappa shape index (κ2) is 12.0. The van der Waals surface area contributed by atoms with Gasteiger partial charge in [-0.2, -0.15) is 0 Å². The molecule has 6 nitrogen and oxygen atoms in total. The Morgan fingerprint density at radius 3 is 2.68 bits per heavy atom. The van der Waals surface area contributed by atoms with E-state index in [0.717, 1.165) is 42.1 Å². The van der Waals surface area contributed by atoms with E-state index in [1.807, 2.05) is 30.3 Å². The number of rotatable bonds is 4. The van der Waals surface area contributed by atoms with E-state index in [2.05, 4.69) is 61.3 Å². The van der Waals surface area contributed by atoms with Gasteiger partial charge in [0.15, 0.2) is 0 Å². The quantitative estimate of drug-likeness (QED) is 0.522. The smallest absolute Gasteiger partial charge is 0.251 e. The lowest BCUT2D eigenvalue weighted by atomic mass is 9.99. The van der Waals surface area contributed by atoms with Crippen molar-refractivity contribution in [2.45, 2.75) is 58.8 Å². The van der Waals surface area contributed by atoms with Crippen molar-refractivity contribution in [1.82, 2.24) is 10.2 Å². The van der Waals surface area contributed by atoms with Crippen molar-refractivity contribution in [2.75, 3.05) is 26.4 Å². The molecule has 200 valence electrons. The van der Waals surface area contributed by atoms with Gasteiger partial charge in [-0.15, -0.1) is 0 Å². The molecule has 0 saturated carbocycles. The van der Waals surface area contributed by atoms with Crippen LogP contribution in [0.2, 0.25) is 0 Å². The van der Waals surface area contributed by atoms with Gasteiger partial charge in [0.05, 0.1) is 13.2 Å². The van der Waals surface area contributed by atoms with Gasteiger partial charge in [0.2, 0.25) is 0 Å². The summed E-state index contributed by atoms with van der Waals surface area (Å²) in [5, 5.41) is 3.08. The summed E-state index contributed by atoms with van der Waals surface area (Å²) in [7, 11) is 0. The zero-order chi connectivity index (χ0) is 26.5. The van der Waals surface area contributed by atoms with Gasteiger partial charge >= 0.3 is 0 Å². The molecule has 0 saturated heterocycles. The third-order valence-corrected chi connectivity index (χ3v) is 7.25. The molecule has 5 rings (SSSR count). The van der Waals surface area contributed by atoms with Crippen molar-refractivity contribution in [3.63, 3.8) is 0 Å². The maximum absolute atomic E-state index is 13.1. The first-order chi connectivity index (χ1) is 18.4. The molecular weight excluding hydrogens is 476 g/mol. The summed E-state index contributed by atoms with van der Waals surface area (Å²) in [6, 6.07) is 21.0. The van der Waals surface area contributed by atoms with Crippen molar-refractivity contribution < 1.29 is 19.0 Å². The Balaban J connectivity index is 1.33. The number of amides is 1. The molecule has 2 heterocycles. The summed E-state index contributed by atoms with van der Waals surface area (Å²) in [5.74, 6) is 1.65. The van der Waals surface area contributed by atoms with Crippen LogP contribution in [0.5, 0.6) is 11.5 Å². The molecule has 1 N–H and O–H groups in total. The lowest BCUT2D eigenvalue weighted by Gasteiger charge is -2.27. The fourth-order valence-corrected chi connectivity index (χ4v) is 5.18. The molecule has 1 atom stereocenters. The minimum absolute atomic E-state index is 0.0954. The van der Waals surface area contributed by atoms with Gasteiger partial charge < -0.3 is 19.5 Å². The topological polar surface area (TPSA) is 60.0 Å². The summed E-state index contributed by atoms with van der Waals surface area (Å²) in [5.41, 5.74) is 6.38. The predicted molar refractivity (Wildman–Crippen MR) is 149 cm³/mol. The highest BCUT2D eigenvalue weighted by Gasteiger charge is 2.19. The van der Waals surface area contributed by atoms with Crippen molar-refractivity contribution in [1.29, 1.82) is 0 Å². The van der Waals surface area contributed by atoms with Gasteiger partial charge in [0, 0.05) is 44.1 Å². The molecule has 3 aromatic carbocycles. The second-order valence-electron chi connectivity index (χ2n) is 10.6. The van der Waals surface area contributed by atoms with E-state index < -0.39 is 0 Å². The normalized spacial score (nSPS) is 18.1. The number of carbonyl (C=O) groups is 1. The van der Waals surface area contributed by atoms with Gasteiger partial charge in [-0.05, 0) is 72.9 Å². The Morgan fingerprint density at radius 2 is 1.82 bits per heavy atom. The summed E-state index contributed by atoms with van der Waals surface area (Å²) in [4.78, 5) is 15.6. The fourth-order valence-electron chi connectivity index (χ4n) is 5.18. The predicted octanol–water partition coefficient (Wildman–Crippen LogP) is 5.15. The van der Waals surface area contributed by atoms with Crippen molar-refractivity contribution in [3.05, 3.63) is 94.0 Å². The molecule has 1 unspecified atom stereocenters. The van der Waals surface area contributed by atoms with Crippen LogP contribution in [0.25, 0.3) is 0 Å². The van der Waals surface area contributed by atoms with Gasteiger partial charge in [-0.25, -0.2) is 0 Å². The van der Waals surface area contributed by atoms with Crippen LogP contribution in [-0.2, 0) is 30.7 Å². The monoisotopic (exact) mass is 514 g/mol. The van der Waals surface area contributed by atoms with E-state index in [1.165, 1.54) is 16.7 Å². The molecule has 2 aliphatic heterocycles. The van der Waals surface area contributed by atoms with Gasteiger partial charge in [-0.1, -0.05) is 36.4 Å². The second-order valence-corrected chi connectivity index (χ2v) is 10.6. The Hall–Kier alpha value is -3.35. The molecule has 2 aliphatic rings. The number of fused-ring (bicyclic) bond motifs is 4. The van der Waals surface area contributed by atoms with Crippen LogP contribution in [0.4, 0.5) is 0 Å². The van der Waals surface area contributed by atoms with Crippen LogP contribution in [-0.4, -0.2) is 49.3 Å². The molecule has 1 amide bonds. The first-order valence-electron chi connectivity index (χ1n) is 13.7. The molecule has 0 aromatic heterocycles. The maximum atomic E-state index is 13.1. The van der Waals surface area contributed by atoms with Gasteiger partial charge in [-0.3, -0.25) is 9.69 Å². The average Bonchev–Trinajstić information content (AvgIpc) is 3.28. The van der Waals surface area contributed by atoms with Crippen LogP contribution >= 0.6 is 0 Å². The number of nitrogens with one attached hydrogen (secondary N) is 1. The van der Waals surface area contributed by atoms with Crippen LogP contribution in [0.3, 0.4) is 0 Å². The molecule has 2 bridgehead atoms. The third-order valence-electron chi connectivity index (χ3n) is 7.25. The Bertz CT molecular complexity index is 1270. The van der Waals surface area contributed by atoms with Gasteiger partial charge in [0.25, 0.3) is 5.91 Å². The summed E-state index contributed by atoms with van der Waals surface area (Å²) in [6.07, 6.45) is 1.80. The number of carbonyl (C=O) groups excluding carboxylic acids is 1. The molecule has 3 aromatic rings. The zero-order valence-electron chi connectivity index (χ0n) is 22.7. The highest BCUT2D eigenvalue weighted by molar-refractivity contribution is 5.94. The van der Waals surface area contributed by atoms with Crippen LogP contribution in [0.15, 0.2) is 60.7 Å². The van der Waals surface area contributed by atoms with Crippen molar-refractivity contribution in [2.24, 2.45) is 0 Å². The summed E-state index contributed by atoms with van der Waals surface area (Å²) >= 11 is 0. The zero-order valence-corrected chi connectivity index (χ0v) is 22.7. The SMILES string of the molecule is CC1Cc2cc(CNC(=O)c3ccc4c(c3)Cc3cccc(c3)CN(C(C)C)CCOCCO4)ccc2O1. The number of hydrogen-bond acceptors (Lipinski definition) is 5. The van der Waals surface area contributed by atoms with E-state index >= 15 is 0 Å². The van der Waals surface area contributed by atoms with E-state index in [-0.39, 0.29) is 12.0 Å². The van der Waals surface area contributed by atoms with E-state index in [0.29, 0.717) is 44.4 Å². The first-order valence-corrected chi connectivity index (χ1v) is 13.7. The van der Waals surface area contributed by atoms with E-state index in [1.54, 1.807) is 0 Å². The Kier molecular flexibility index (Phi) is 8.30. The minimum Gasteiger partial charge on any atom is -0.491 e. The number of nitrogens with zero attached hydrogens (tertiary/aromatic N) is 1. The molecule has 0 aliphatic carbocycles. The highest BCUT2D eigenvalue weighted by atomic mass is 16.5. The molecule has 6 heteroatoms.